The third-order valence-corrected chi connectivity index (χ3v) is 2.30. The topological polar surface area (TPSA) is 27.1 Å². The number of hydrogen-bond donors (Lipinski definition) is 0. The second kappa shape index (κ2) is 4.17. The summed E-state index contributed by atoms with van der Waals surface area (Å²) in [6.07, 6.45) is 1.97. The SMILES string of the molecule is COc1ccccc1Cn1ccc(C)n1. The number of aryl methyl sites for hydroxylation is 1. The highest BCUT2D eigenvalue weighted by atomic mass is 16.5. The number of benzene rings is 1. The Bertz CT molecular complexity index is 448. The maximum Gasteiger partial charge on any atom is 0.123 e. The minimum absolute atomic E-state index is 0.748. The van der Waals surface area contributed by atoms with Crippen molar-refractivity contribution in [2.45, 2.75) is 13.5 Å². The Morgan fingerprint density at radius 1 is 1.27 bits per heavy atom. The van der Waals surface area contributed by atoms with Crippen LogP contribution in [0, 0.1) is 6.92 Å². The fourth-order valence-electron chi connectivity index (χ4n) is 1.56. The van der Waals surface area contributed by atoms with E-state index in [1.54, 1.807) is 7.11 Å². The van der Waals surface area contributed by atoms with Gasteiger partial charge in [-0.25, -0.2) is 0 Å². The molecule has 1 aromatic heterocycles. The molecule has 1 aromatic carbocycles. The number of ether oxygens (including phenoxy) is 1. The quantitative estimate of drug-likeness (QED) is 0.763. The maximum atomic E-state index is 5.28. The fourth-order valence-corrected chi connectivity index (χ4v) is 1.56. The molecular weight excluding hydrogens is 188 g/mol. The Morgan fingerprint density at radius 3 is 2.73 bits per heavy atom. The molecule has 3 nitrogen and oxygen atoms in total. The van der Waals surface area contributed by atoms with Crippen molar-refractivity contribution in [3.8, 4) is 5.75 Å². The van der Waals surface area contributed by atoms with Gasteiger partial charge in [-0.15, -0.1) is 0 Å². The summed E-state index contributed by atoms with van der Waals surface area (Å²) >= 11 is 0. The largest absolute Gasteiger partial charge is 0.496 e. The summed E-state index contributed by atoms with van der Waals surface area (Å²) in [5, 5.41) is 4.34. The zero-order valence-corrected chi connectivity index (χ0v) is 8.97. The Balaban J connectivity index is 2.23. The number of aromatic nitrogens is 2. The Morgan fingerprint density at radius 2 is 2.07 bits per heavy atom. The predicted octanol–water partition coefficient (Wildman–Crippen LogP) is 2.25. The minimum atomic E-state index is 0.748. The third-order valence-electron chi connectivity index (χ3n) is 2.30. The van der Waals surface area contributed by atoms with Crippen molar-refractivity contribution in [2.75, 3.05) is 7.11 Å². The van der Waals surface area contributed by atoms with E-state index in [0.29, 0.717) is 0 Å². The highest BCUT2D eigenvalue weighted by molar-refractivity contribution is 5.33. The van der Waals surface area contributed by atoms with Gasteiger partial charge < -0.3 is 4.74 Å². The molecule has 0 atom stereocenters. The molecule has 0 unspecified atom stereocenters. The Labute approximate surface area is 89.3 Å². The van der Waals surface area contributed by atoms with E-state index in [4.69, 9.17) is 4.74 Å². The van der Waals surface area contributed by atoms with Crippen LogP contribution in [0.2, 0.25) is 0 Å². The number of rotatable bonds is 3. The molecule has 3 heteroatoms. The first kappa shape index (κ1) is 9.77. The van der Waals surface area contributed by atoms with Crippen molar-refractivity contribution in [2.24, 2.45) is 0 Å². The van der Waals surface area contributed by atoms with E-state index < -0.39 is 0 Å². The molecule has 0 bridgehead atoms. The standard InChI is InChI=1S/C12H14N2O/c1-10-7-8-14(13-10)9-11-5-3-4-6-12(11)15-2/h3-8H,9H2,1-2H3. The van der Waals surface area contributed by atoms with E-state index in [1.165, 1.54) is 0 Å². The first-order chi connectivity index (χ1) is 7.29. The minimum Gasteiger partial charge on any atom is -0.496 e. The number of nitrogens with zero attached hydrogens (tertiary/aromatic N) is 2. The highest BCUT2D eigenvalue weighted by Gasteiger charge is 2.02. The van der Waals surface area contributed by atoms with E-state index in [0.717, 1.165) is 23.6 Å². The van der Waals surface area contributed by atoms with E-state index in [9.17, 15) is 0 Å². The summed E-state index contributed by atoms with van der Waals surface area (Å²) < 4.78 is 7.19. The van der Waals surface area contributed by atoms with Gasteiger partial charge in [-0.1, -0.05) is 18.2 Å². The van der Waals surface area contributed by atoms with E-state index in [1.807, 2.05) is 42.1 Å². The highest BCUT2D eigenvalue weighted by Crippen LogP contribution is 2.17. The Kier molecular flexibility index (Phi) is 2.72. The molecule has 0 N–H and O–H groups in total. The third kappa shape index (κ3) is 2.18. The van der Waals surface area contributed by atoms with Crippen molar-refractivity contribution in [1.29, 1.82) is 0 Å². The number of methoxy groups -OCH3 is 1. The molecular formula is C12H14N2O. The first-order valence-electron chi connectivity index (χ1n) is 4.91. The van der Waals surface area contributed by atoms with Crippen LogP contribution in [0.15, 0.2) is 36.5 Å². The molecule has 2 aromatic rings. The van der Waals surface area contributed by atoms with Crippen molar-refractivity contribution in [3.05, 3.63) is 47.8 Å². The summed E-state index contributed by atoms with van der Waals surface area (Å²) in [7, 11) is 1.69. The predicted molar refractivity (Wildman–Crippen MR) is 59.1 cm³/mol. The van der Waals surface area contributed by atoms with Crippen LogP contribution in [-0.4, -0.2) is 16.9 Å². The smallest absolute Gasteiger partial charge is 0.123 e. The van der Waals surface area contributed by atoms with Gasteiger partial charge in [0.25, 0.3) is 0 Å². The van der Waals surface area contributed by atoms with Crippen LogP contribution in [0.3, 0.4) is 0 Å². The van der Waals surface area contributed by atoms with Crippen LogP contribution in [0.4, 0.5) is 0 Å². The van der Waals surface area contributed by atoms with E-state index in [-0.39, 0.29) is 0 Å². The van der Waals surface area contributed by atoms with Crippen molar-refractivity contribution in [3.63, 3.8) is 0 Å². The van der Waals surface area contributed by atoms with E-state index in [2.05, 4.69) is 11.2 Å². The van der Waals surface area contributed by atoms with Gasteiger partial charge in [-0.05, 0) is 19.1 Å². The fraction of sp³-hybridized carbons (Fsp3) is 0.250. The Hall–Kier alpha value is -1.77. The summed E-state index contributed by atoms with van der Waals surface area (Å²) in [5.41, 5.74) is 2.17. The molecule has 0 aliphatic carbocycles. The summed E-state index contributed by atoms with van der Waals surface area (Å²) in [6, 6.07) is 9.99. The average Bonchev–Trinajstić information content (AvgIpc) is 2.65. The first-order valence-corrected chi connectivity index (χ1v) is 4.91. The van der Waals surface area contributed by atoms with Crippen LogP contribution in [0.1, 0.15) is 11.3 Å². The van der Waals surface area contributed by atoms with Gasteiger partial charge in [-0.2, -0.15) is 5.10 Å². The molecule has 0 fully saturated rings. The van der Waals surface area contributed by atoms with Gasteiger partial charge in [0, 0.05) is 11.8 Å². The molecule has 15 heavy (non-hydrogen) atoms. The maximum absolute atomic E-state index is 5.28. The molecule has 0 saturated carbocycles. The lowest BCUT2D eigenvalue weighted by atomic mass is 10.2. The summed E-state index contributed by atoms with van der Waals surface area (Å²) in [5.74, 6) is 0.908. The molecule has 0 amide bonds. The van der Waals surface area contributed by atoms with Crippen LogP contribution >= 0.6 is 0 Å². The lowest BCUT2D eigenvalue weighted by Crippen LogP contribution is -2.02. The molecule has 0 radical (unpaired) electrons. The van der Waals surface area contributed by atoms with Crippen LogP contribution < -0.4 is 4.74 Å². The monoisotopic (exact) mass is 202 g/mol. The summed E-state index contributed by atoms with van der Waals surface area (Å²) in [4.78, 5) is 0. The van der Waals surface area contributed by atoms with Gasteiger partial charge in [-0.3, -0.25) is 4.68 Å². The van der Waals surface area contributed by atoms with Crippen LogP contribution in [0.25, 0.3) is 0 Å². The van der Waals surface area contributed by atoms with E-state index >= 15 is 0 Å². The molecule has 78 valence electrons. The summed E-state index contributed by atoms with van der Waals surface area (Å²) in [6.45, 7) is 2.73. The molecule has 0 saturated heterocycles. The zero-order valence-electron chi connectivity index (χ0n) is 8.97. The molecule has 0 aliphatic heterocycles. The number of hydrogen-bond acceptors (Lipinski definition) is 2. The number of para-hydroxylation sites is 1. The van der Waals surface area contributed by atoms with Gasteiger partial charge in [0.2, 0.25) is 0 Å². The van der Waals surface area contributed by atoms with Crippen LogP contribution in [-0.2, 0) is 6.54 Å². The second-order valence-electron chi connectivity index (χ2n) is 3.47. The molecule has 1 heterocycles. The molecule has 0 spiro atoms. The van der Waals surface area contributed by atoms with Gasteiger partial charge in [0.05, 0.1) is 19.3 Å². The molecule has 0 aliphatic rings. The normalized spacial score (nSPS) is 10.3. The average molecular weight is 202 g/mol. The second-order valence-corrected chi connectivity index (χ2v) is 3.47. The van der Waals surface area contributed by atoms with Gasteiger partial charge in [0.1, 0.15) is 5.75 Å². The van der Waals surface area contributed by atoms with Gasteiger partial charge in [0.15, 0.2) is 0 Å². The lowest BCUT2D eigenvalue weighted by Gasteiger charge is -2.07. The van der Waals surface area contributed by atoms with Crippen molar-refractivity contribution < 1.29 is 4.74 Å². The van der Waals surface area contributed by atoms with Gasteiger partial charge >= 0.3 is 0 Å². The zero-order chi connectivity index (χ0) is 10.7. The van der Waals surface area contributed by atoms with Crippen molar-refractivity contribution in [1.82, 2.24) is 9.78 Å². The van der Waals surface area contributed by atoms with Crippen LogP contribution in [0.5, 0.6) is 5.75 Å². The lowest BCUT2D eigenvalue weighted by molar-refractivity contribution is 0.407. The van der Waals surface area contributed by atoms with Crippen molar-refractivity contribution >= 4 is 0 Å². The molecule has 2 rings (SSSR count).